The molecule has 2 heterocycles. The van der Waals surface area contributed by atoms with Crippen LogP contribution in [0.3, 0.4) is 0 Å². The molecular weight excluding hydrogens is 258 g/mol. The number of piperazine rings is 1. The third-order valence-electron chi connectivity index (χ3n) is 5.73. The molecule has 2 aliphatic rings. The highest BCUT2D eigenvalue weighted by atomic mass is 15.3. The molecule has 0 aromatic heterocycles. The Morgan fingerprint density at radius 2 is 2.00 bits per heavy atom. The molecule has 0 radical (unpaired) electrons. The van der Waals surface area contributed by atoms with Gasteiger partial charge in [0.05, 0.1) is 0 Å². The van der Waals surface area contributed by atoms with Crippen molar-refractivity contribution in [3.05, 3.63) is 0 Å². The average molecular weight is 296 g/mol. The molecule has 2 rings (SSSR count). The maximum atomic E-state index is 3.80. The first kappa shape index (κ1) is 17.2. The van der Waals surface area contributed by atoms with Crippen LogP contribution in [-0.4, -0.2) is 60.6 Å². The van der Waals surface area contributed by atoms with E-state index in [1.807, 2.05) is 0 Å². The van der Waals surface area contributed by atoms with Crippen LogP contribution in [0.2, 0.25) is 0 Å². The van der Waals surface area contributed by atoms with Gasteiger partial charge in [0, 0.05) is 37.8 Å². The highest BCUT2D eigenvalue weighted by Crippen LogP contribution is 2.24. The van der Waals surface area contributed by atoms with Gasteiger partial charge in [0.15, 0.2) is 0 Å². The second kappa shape index (κ2) is 8.50. The van der Waals surface area contributed by atoms with Gasteiger partial charge >= 0.3 is 0 Å². The van der Waals surface area contributed by atoms with Crippen molar-refractivity contribution in [2.24, 2.45) is 5.92 Å². The Hall–Kier alpha value is -0.120. The Bertz CT molecular complexity index is 294. The van der Waals surface area contributed by atoms with Crippen molar-refractivity contribution in [1.82, 2.24) is 15.1 Å². The van der Waals surface area contributed by atoms with Crippen molar-refractivity contribution in [3.8, 4) is 0 Å². The molecule has 124 valence electrons. The van der Waals surface area contributed by atoms with Gasteiger partial charge < -0.3 is 5.32 Å². The van der Waals surface area contributed by atoms with Gasteiger partial charge in [0.2, 0.25) is 0 Å². The van der Waals surface area contributed by atoms with Gasteiger partial charge in [-0.05, 0) is 45.2 Å². The number of piperidine rings is 1. The molecular formula is C18H37N3. The number of nitrogens with one attached hydrogen (secondary N) is 1. The van der Waals surface area contributed by atoms with E-state index >= 15 is 0 Å². The maximum Gasteiger partial charge on any atom is 0.0223 e. The standard InChI is InChI=1S/C18H37N3/c1-5-10-19-18(15(3)6-2)14-21-13-17-9-7-8-11-20(17)12-16(21)4/h15-19H,5-14H2,1-4H3. The zero-order chi connectivity index (χ0) is 15.2. The SMILES string of the molecule is CCCNC(CN1CC2CCCCN2CC1C)C(C)CC. The Morgan fingerprint density at radius 3 is 2.71 bits per heavy atom. The fraction of sp³-hybridized carbons (Fsp3) is 1.00. The van der Waals surface area contributed by atoms with Crippen molar-refractivity contribution in [3.63, 3.8) is 0 Å². The molecule has 4 atom stereocenters. The van der Waals surface area contributed by atoms with E-state index in [0.29, 0.717) is 12.1 Å². The third kappa shape index (κ3) is 4.67. The van der Waals surface area contributed by atoms with E-state index in [9.17, 15) is 0 Å². The summed E-state index contributed by atoms with van der Waals surface area (Å²) in [6.45, 7) is 15.7. The largest absolute Gasteiger partial charge is 0.312 e. The van der Waals surface area contributed by atoms with E-state index < -0.39 is 0 Å². The van der Waals surface area contributed by atoms with E-state index in [1.165, 1.54) is 58.3 Å². The molecule has 21 heavy (non-hydrogen) atoms. The van der Waals surface area contributed by atoms with Crippen LogP contribution in [0.5, 0.6) is 0 Å². The molecule has 0 aromatic carbocycles. The Labute approximate surface area is 132 Å². The summed E-state index contributed by atoms with van der Waals surface area (Å²) in [5.41, 5.74) is 0. The summed E-state index contributed by atoms with van der Waals surface area (Å²) in [6.07, 6.45) is 6.78. The highest BCUT2D eigenvalue weighted by molar-refractivity contribution is 4.91. The summed E-state index contributed by atoms with van der Waals surface area (Å²) in [6, 6.07) is 2.21. The van der Waals surface area contributed by atoms with E-state index in [1.54, 1.807) is 0 Å². The number of hydrogen-bond donors (Lipinski definition) is 1. The van der Waals surface area contributed by atoms with Crippen LogP contribution >= 0.6 is 0 Å². The van der Waals surface area contributed by atoms with Crippen molar-refractivity contribution in [2.45, 2.75) is 77.9 Å². The summed E-state index contributed by atoms with van der Waals surface area (Å²) in [5.74, 6) is 0.771. The lowest BCUT2D eigenvalue weighted by molar-refractivity contribution is 0.00770. The minimum Gasteiger partial charge on any atom is -0.312 e. The Morgan fingerprint density at radius 1 is 1.19 bits per heavy atom. The van der Waals surface area contributed by atoms with Crippen LogP contribution in [0, 0.1) is 5.92 Å². The summed E-state index contributed by atoms with van der Waals surface area (Å²) in [5, 5.41) is 3.80. The number of hydrogen-bond acceptors (Lipinski definition) is 3. The molecule has 0 bridgehead atoms. The van der Waals surface area contributed by atoms with Gasteiger partial charge in [-0.1, -0.05) is 33.6 Å². The summed E-state index contributed by atoms with van der Waals surface area (Å²) in [4.78, 5) is 5.52. The Kier molecular flexibility index (Phi) is 6.97. The minimum absolute atomic E-state index is 0.660. The summed E-state index contributed by atoms with van der Waals surface area (Å²) >= 11 is 0. The van der Waals surface area contributed by atoms with Gasteiger partial charge in [-0.3, -0.25) is 9.80 Å². The number of nitrogens with zero attached hydrogens (tertiary/aromatic N) is 2. The number of rotatable bonds is 7. The predicted molar refractivity (Wildman–Crippen MR) is 91.8 cm³/mol. The van der Waals surface area contributed by atoms with Crippen molar-refractivity contribution >= 4 is 0 Å². The van der Waals surface area contributed by atoms with Crippen molar-refractivity contribution < 1.29 is 0 Å². The fourth-order valence-electron chi connectivity index (χ4n) is 3.98. The highest BCUT2D eigenvalue weighted by Gasteiger charge is 2.34. The average Bonchev–Trinajstić information content (AvgIpc) is 2.51. The van der Waals surface area contributed by atoms with Crippen LogP contribution in [0.15, 0.2) is 0 Å². The molecule has 0 saturated carbocycles. The van der Waals surface area contributed by atoms with Gasteiger partial charge in [0.1, 0.15) is 0 Å². The van der Waals surface area contributed by atoms with E-state index in [4.69, 9.17) is 0 Å². The molecule has 0 spiro atoms. The van der Waals surface area contributed by atoms with E-state index in [0.717, 1.165) is 18.5 Å². The van der Waals surface area contributed by atoms with Gasteiger partial charge in [-0.25, -0.2) is 0 Å². The topological polar surface area (TPSA) is 18.5 Å². The normalized spacial score (nSPS) is 30.9. The maximum absolute atomic E-state index is 3.80. The monoisotopic (exact) mass is 295 g/mol. The lowest BCUT2D eigenvalue weighted by Crippen LogP contribution is -2.61. The van der Waals surface area contributed by atoms with Crippen molar-refractivity contribution in [1.29, 1.82) is 0 Å². The van der Waals surface area contributed by atoms with Crippen LogP contribution in [0.1, 0.15) is 59.8 Å². The zero-order valence-corrected chi connectivity index (χ0v) is 14.8. The van der Waals surface area contributed by atoms with Crippen LogP contribution < -0.4 is 5.32 Å². The smallest absolute Gasteiger partial charge is 0.0223 e. The molecule has 1 N–H and O–H groups in total. The van der Waals surface area contributed by atoms with Crippen LogP contribution in [0.25, 0.3) is 0 Å². The molecule has 2 fully saturated rings. The zero-order valence-electron chi connectivity index (χ0n) is 14.8. The second-order valence-electron chi connectivity index (χ2n) is 7.39. The fourth-order valence-corrected chi connectivity index (χ4v) is 3.98. The molecule has 0 aliphatic carbocycles. The van der Waals surface area contributed by atoms with Gasteiger partial charge in [0.25, 0.3) is 0 Å². The first-order valence-corrected chi connectivity index (χ1v) is 9.37. The summed E-state index contributed by atoms with van der Waals surface area (Å²) in [7, 11) is 0. The van der Waals surface area contributed by atoms with E-state index in [2.05, 4.69) is 42.8 Å². The molecule has 2 saturated heterocycles. The van der Waals surface area contributed by atoms with Gasteiger partial charge in [-0.2, -0.15) is 0 Å². The number of fused-ring (bicyclic) bond motifs is 1. The third-order valence-corrected chi connectivity index (χ3v) is 5.73. The lowest BCUT2D eigenvalue weighted by atomic mass is 9.94. The molecule has 2 aliphatic heterocycles. The molecule has 3 heteroatoms. The molecule has 0 aromatic rings. The Balaban J connectivity index is 1.91. The van der Waals surface area contributed by atoms with Gasteiger partial charge in [-0.15, -0.1) is 0 Å². The first-order valence-electron chi connectivity index (χ1n) is 9.37. The van der Waals surface area contributed by atoms with Crippen molar-refractivity contribution in [2.75, 3.05) is 32.7 Å². The van der Waals surface area contributed by atoms with E-state index in [-0.39, 0.29) is 0 Å². The van der Waals surface area contributed by atoms with Crippen LogP contribution in [0.4, 0.5) is 0 Å². The predicted octanol–water partition coefficient (Wildman–Crippen LogP) is 2.96. The lowest BCUT2D eigenvalue weighted by Gasteiger charge is -2.48. The van der Waals surface area contributed by atoms with Crippen LogP contribution in [-0.2, 0) is 0 Å². The quantitative estimate of drug-likeness (QED) is 0.779. The molecule has 3 nitrogen and oxygen atoms in total. The molecule has 0 amide bonds. The second-order valence-corrected chi connectivity index (χ2v) is 7.39. The first-order chi connectivity index (χ1) is 10.2. The summed E-state index contributed by atoms with van der Waals surface area (Å²) < 4.78 is 0. The molecule has 4 unspecified atom stereocenters. The minimum atomic E-state index is 0.660.